The molecule has 0 heterocycles. The van der Waals surface area contributed by atoms with Crippen molar-refractivity contribution in [2.45, 2.75) is 26.1 Å². The summed E-state index contributed by atoms with van der Waals surface area (Å²) in [7, 11) is -3.18. The van der Waals surface area contributed by atoms with Gasteiger partial charge in [0.25, 0.3) is 0 Å². The topological polar surface area (TPSA) is 49.7 Å². The zero-order valence-electron chi connectivity index (χ0n) is 8.42. The molecule has 0 spiro atoms. The first-order chi connectivity index (χ1) is 6.52. The van der Waals surface area contributed by atoms with Gasteiger partial charge in [-0.1, -0.05) is 30.3 Å². The van der Waals surface area contributed by atoms with Crippen LogP contribution in [0.3, 0.4) is 0 Å². The monoisotopic (exact) mass is 215 g/mol. The maximum Gasteiger partial charge on any atom is 0.409 e. The van der Waals surface area contributed by atoms with Crippen molar-refractivity contribution < 1.29 is 14.3 Å². The van der Waals surface area contributed by atoms with Gasteiger partial charge in [0.15, 0.2) is 0 Å². The summed E-state index contributed by atoms with van der Waals surface area (Å²) in [4.78, 5) is 19.0. The molecular weight excluding hydrogens is 199 g/mol. The molecule has 0 atom stereocenters. The lowest BCUT2D eigenvalue weighted by atomic mass is 10.2. The number of benzene rings is 1. The summed E-state index contributed by atoms with van der Waals surface area (Å²) < 4.78 is 5.10. The molecule has 2 N–H and O–H groups in total. The molecule has 1 rings (SSSR count). The molecule has 0 saturated heterocycles. The lowest BCUT2D eigenvalue weighted by Gasteiger charge is -2.14. The summed E-state index contributed by atoms with van der Waals surface area (Å²) in [6.45, 7) is 3.72. The van der Waals surface area contributed by atoms with Crippen molar-refractivity contribution in [3.8, 4) is 0 Å². The van der Waals surface area contributed by atoms with E-state index in [9.17, 15) is 9.79 Å². The molecule has 0 saturated carbocycles. The van der Waals surface area contributed by atoms with Gasteiger partial charge in [0.05, 0.1) is 0 Å². The van der Waals surface area contributed by atoms with Crippen LogP contribution in [0.2, 0.25) is 0 Å². The van der Waals surface area contributed by atoms with E-state index in [-0.39, 0.29) is 12.3 Å². The molecule has 78 valence electrons. The maximum atomic E-state index is 9.50. The molecule has 0 bridgehead atoms. The molecule has 0 radical (unpaired) electrons. The van der Waals surface area contributed by atoms with Gasteiger partial charge >= 0.3 is 7.94 Å². The first-order valence-corrected chi connectivity index (χ1v) is 6.23. The van der Waals surface area contributed by atoms with Gasteiger partial charge in [0.2, 0.25) is 0 Å². The highest BCUT2D eigenvalue weighted by Gasteiger charge is 2.40. The predicted octanol–water partition coefficient (Wildman–Crippen LogP) is 2.36. The van der Waals surface area contributed by atoms with Crippen LogP contribution in [0.4, 0.5) is 0 Å². The first-order valence-electron chi connectivity index (χ1n) is 4.55. The third-order valence-corrected chi connectivity index (χ3v) is 3.79. The Hall–Kier alpha value is -0.470. The summed E-state index contributed by atoms with van der Waals surface area (Å²) in [6.07, 6.45) is 0. The van der Waals surface area contributed by atoms with E-state index >= 15 is 0 Å². The Bertz CT molecular complexity index is 272. The Balaban J connectivity index is 2.49. The van der Waals surface area contributed by atoms with E-state index < -0.39 is 7.94 Å². The van der Waals surface area contributed by atoms with Gasteiger partial charge in [-0.15, -0.1) is 0 Å². The van der Waals surface area contributed by atoms with Crippen molar-refractivity contribution in [2.75, 3.05) is 0 Å². The van der Waals surface area contributed by atoms with E-state index in [1.165, 1.54) is 0 Å². The average molecular weight is 215 g/mol. The third kappa shape index (κ3) is 3.35. The van der Waals surface area contributed by atoms with Crippen LogP contribution >= 0.6 is 7.94 Å². The van der Waals surface area contributed by atoms with Gasteiger partial charge in [-0.2, -0.15) is 14.3 Å². The summed E-state index contributed by atoms with van der Waals surface area (Å²) in [5.41, 5.74) is 0.701. The molecule has 0 amide bonds. The molecule has 1 aromatic carbocycles. The normalized spacial score (nSPS) is 12.1. The van der Waals surface area contributed by atoms with E-state index in [1.54, 1.807) is 13.8 Å². The molecule has 1 aromatic rings. The lowest BCUT2D eigenvalue weighted by molar-refractivity contribution is 0.213. The van der Waals surface area contributed by atoms with E-state index in [0.29, 0.717) is 0 Å². The van der Waals surface area contributed by atoms with Gasteiger partial charge in [0, 0.05) is 0 Å². The molecule has 0 aliphatic carbocycles. The van der Waals surface area contributed by atoms with E-state index in [4.69, 9.17) is 4.52 Å². The quantitative estimate of drug-likeness (QED) is 0.758. The second-order valence-electron chi connectivity index (χ2n) is 3.44. The predicted molar refractivity (Wildman–Crippen MR) is 57.7 cm³/mol. The van der Waals surface area contributed by atoms with Crippen LogP contribution in [0.1, 0.15) is 19.4 Å². The first kappa shape index (κ1) is 11.6. The van der Waals surface area contributed by atoms with Crippen molar-refractivity contribution in [3.63, 3.8) is 0 Å². The zero-order chi connectivity index (χ0) is 10.6. The SMILES string of the molecule is CC(C)[P+](O)(O)OCc1ccccc1. The Morgan fingerprint density at radius 3 is 2.29 bits per heavy atom. The van der Waals surface area contributed by atoms with Crippen LogP contribution in [0.25, 0.3) is 0 Å². The summed E-state index contributed by atoms with van der Waals surface area (Å²) in [5.74, 6) is 0. The molecule has 3 nitrogen and oxygen atoms in total. The van der Waals surface area contributed by atoms with Crippen molar-refractivity contribution in [2.24, 2.45) is 0 Å². The maximum absolute atomic E-state index is 9.50. The lowest BCUT2D eigenvalue weighted by Crippen LogP contribution is -2.08. The zero-order valence-corrected chi connectivity index (χ0v) is 9.32. The van der Waals surface area contributed by atoms with Gasteiger partial charge in [0.1, 0.15) is 12.3 Å². The molecule has 0 fully saturated rings. The van der Waals surface area contributed by atoms with Crippen molar-refractivity contribution >= 4 is 7.94 Å². The minimum Gasteiger partial charge on any atom is -0.193 e. The highest BCUT2D eigenvalue weighted by molar-refractivity contribution is 7.60. The Morgan fingerprint density at radius 1 is 1.21 bits per heavy atom. The van der Waals surface area contributed by atoms with Crippen molar-refractivity contribution in [1.29, 1.82) is 0 Å². The van der Waals surface area contributed by atoms with Gasteiger partial charge in [-0.3, -0.25) is 0 Å². The standard InChI is InChI=1S/C10H16O3P/c1-9(2)14(11,12)13-8-10-6-4-3-5-7-10/h3-7,9,11-12H,8H2,1-2H3/q+1. The fraction of sp³-hybridized carbons (Fsp3) is 0.400. The number of rotatable bonds is 4. The Kier molecular flexibility index (Phi) is 4.02. The van der Waals surface area contributed by atoms with Crippen LogP contribution < -0.4 is 0 Å². The minimum atomic E-state index is -3.18. The van der Waals surface area contributed by atoms with Crippen molar-refractivity contribution in [1.82, 2.24) is 0 Å². The number of hydrogen-bond acceptors (Lipinski definition) is 3. The van der Waals surface area contributed by atoms with Crippen LogP contribution in [0.15, 0.2) is 30.3 Å². The number of hydrogen-bond donors (Lipinski definition) is 2. The van der Waals surface area contributed by atoms with Crippen LogP contribution in [-0.4, -0.2) is 15.4 Å². The van der Waals surface area contributed by atoms with Crippen LogP contribution in [-0.2, 0) is 11.1 Å². The minimum absolute atomic E-state index is 0.244. The molecule has 14 heavy (non-hydrogen) atoms. The summed E-state index contributed by atoms with van der Waals surface area (Å²) >= 11 is 0. The van der Waals surface area contributed by atoms with Crippen molar-refractivity contribution in [3.05, 3.63) is 35.9 Å². The smallest absolute Gasteiger partial charge is 0.193 e. The second kappa shape index (κ2) is 4.85. The Labute approximate surface area is 84.9 Å². The van der Waals surface area contributed by atoms with Gasteiger partial charge in [-0.05, 0) is 19.4 Å². The molecule has 0 aliphatic heterocycles. The van der Waals surface area contributed by atoms with E-state index in [2.05, 4.69) is 0 Å². The molecule has 4 heteroatoms. The van der Waals surface area contributed by atoms with Gasteiger partial charge in [-0.25, -0.2) is 0 Å². The largest absolute Gasteiger partial charge is 0.409 e. The third-order valence-electron chi connectivity index (χ3n) is 1.94. The van der Waals surface area contributed by atoms with E-state index in [0.717, 1.165) is 5.56 Å². The molecular formula is C10H16O3P+. The van der Waals surface area contributed by atoms with Gasteiger partial charge < -0.3 is 0 Å². The van der Waals surface area contributed by atoms with E-state index in [1.807, 2.05) is 30.3 Å². The second-order valence-corrected chi connectivity index (χ2v) is 5.91. The highest BCUT2D eigenvalue weighted by atomic mass is 31.2. The molecule has 0 unspecified atom stereocenters. The fourth-order valence-corrected chi connectivity index (χ4v) is 1.53. The molecule has 0 aliphatic rings. The fourth-order valence-electron chi connectivity index (χ4n) is 0.893. The highest BCUT2D eigenvalue weighted by Crippen LogP contribution is 2.56. The summed E-state index contributed by atoms with van der Waals surface area (Å²) in [5, 5.41) is 0. The summed E-state index contributed by atoms with van der Waals surface area (Å²) in [6, 6.07) is 9.47. The molecule has 0 aromatic heterocycles. The van der Waals surface area contributed by atoms with Crippen LogP contribution in [0.5, 0.6) is 0 Å². The Morgan fingerprint density at radius 2 is 1.79 bits per heavy atom. The van der Waals surface area contributed by atoms with Crippen LogP contribution in [0, 0.1) is 0 Å². The average Bonchev–Trinajstić information content (AvgIpc) is 2.16.